The standard InChI is InChI=1S/C59H105NO3/c1-3-5-7-9-11-13-15-17-18-19-20-21-22-23-24-25-26-27-28-29-30-31-32-33-34-35-36-37-38-39-40-41-42-43-45-47-49-51-53-55-59(63)60-57(56-61)58(62)54-52-50-48-46-44-16-14-12-10-8-6-4-2/h5,7,10-13,17-18,20-21,44,46,52,54,57-58,61-62H,3-4,6,8-9,14-16,19,22-43,45,47-51,53,55-56H2,1-2H3,(H,60,63)/b7-5-,12-10+,13-11-,18-17-,21-20-,46-44+,54-52+. The van der Waals surface area contributed by atoms with Crippen molar-refractivity contribution in [2.45, 2.75) is 276 Å². The molecule has 0 aliphatic heterocycles. The zero-order valence-corrected chi connectivity index (χ0v) is 41.8. The molecule has 4 nitrogen and oxygen atoms in total. The van der Waals surface area contributed by atoms with Gasteiger partial charge >= 0.3 is 0 Å². The molecule has 1 amide bonds. The highest BCUT2D eigenvalue weighted by Gasteiger charge is 2.17. The van der Waals surface area contributed by atoms with E-state index in [9.17, 15) is 15.0 Å². The van der Waals surface area contributed by atoms with Gasteiger partial charge in [0, 0.05) is 6.42 Å². The Balaban J connectivity index is 3.41. The summed E-state index contributed by atoms with van der Waals surface area (Å²) in [5.41, 5.74) is 0. The number of rotatable bonds is 49. The van der Waals surface area contributed by atoms with Crippen molar-refractivity contribution in [1.29, 1.82) is 0 Å². The van der Waals surface area contributed by atoms with Crippen LogP contribution >= 0.6 is 0 Å². The number of hydrogen-bond donors (Lipinski definition) is 3. The summed E-state index contributed by atoms with van der Waals surface area (Å²) in [5.74, 6) is -0.0777. The minimum atomic E-state index is -0.870. The lowest BCUT2D eigenvalue weighted by molar-refractivity contribution is -0.123. The molecular weight excluding hydrogens is 771 g/mol. The Bertz CT molecular complexity index is 1130. The second-order valence-corrected chi connectivity index (χ2v) is 18.2. The van der Waals surface area contributed by atoms with Crippen LogP contribution in [0.1, 0.15) is 264 Å². The van der Waals surface area contributed by atoms with E-state index in [4.69, 9.17) is 0 Å². The molecule has 2 atom stereocenters. The Labute approximate surface area is 392 Å². The number of amides is 1. The van der Waals surface area contributed by atoms with Crippen LogP contribution in [0.2, 0.25) is 0 Å². The van der Waals surface area contributed by atoms with Gasteiger partial charge in [0.1, 0.15) is 0 Å². The summed E-state index contributed by atoms with van der Waals surface area (Å²) in [6.07, 6.45) is 79.0. The quantitative estimate of drug-likeness (QED) is 0.0421. The Morgan fingerprint density at radius 2 is 0.714 bits per heavy atom. The first kappa shape index (κ1) is 60.6. The maximum atomic E-state index is 12.4. The molecule has 2 unspecified atom stereocenters. The van der Waals surface area contributed by atoms with Crippen molar-refractivity contribution in [2.75, 3.05) is 6.61 Å². The molecule has 0 aromatic rings. The fraction of sp³-hybridized carbons (Fsp3) is 0.746. The van der Waals surface area contributed by atoms with Crippen molar-refractivity contribution in [3.05, 3.63) is 85.1 Å². The van der Waals surface area contributed by atoms with Crippen LogP contribution < -0.4 is 5.32 Å². The Morgan fingerprint density at radius 3 is 1.11 bits per heavy atom. The number of carbonyl (C=O) groups excluding carboxylic acids is 1. The average Bonchev–Trinajstić information content (AvgIpc) is 3.29. The SMILES string of the molecule is CC/C=C\C/C=C\C/C=C\C/C=C\CCCCCCCCCCCCCCCCCCCCCCCCCCCCC(=O)NC(CO)C(O)/C=C/CC/C=C/CC/C=C/CCCC. The second kappa shape index (κ2) is 53.9. The summed E-state index contributed by atoms with van der Waals surface area (Å²) in [4.78, 5) is 12.4. The molecule has 63 heavy (non-hydrogen) atoms. The van der Waals surface area contributed by atoms with Crippen molar-refractivity contribution < 1.29 is 15.0 Å². The molecule has 0 heterocycles. The van der Waals surface area contributed by atoms with Gasteiger partial charge in [0.05, 0.1) is 18.8 Å². The number of aliphatic hydroxyl groups excluding tert-OH is 2. The normalized spacial score (nSPS) is 13.5. The van der Waals surface area contributed by atoms with E-state index in [1.54, 1.807) is 6.08 Å². The third-order valence-corrected chi connectivity index (χ3v) is 12.1. The molecule has 0 aliphatic carbocycles. The molecule has 0 aromatic heterocycles. The van der Waals surface area contributed by atoms with E-state index in [0.717, 1.165) is 64.2 Å². The first-order valence-electron chi connectivity index (χ1n) is 27.3. The van der Waals surface area contributed by atoms with Gasteiger partial charge in [-0.2, -0.15) is 0 Å². The van der Waals surface area contributed by atoms with Gasteiger partial charge < -0.3 is 15.5 Å². The molecule has 0 aliphatic rings. The van der Waals surface area contributed by atoms with E-state index in [1.165, 1.54) is 180 Å². The lowest BCUT2D eigenvalue weighted by atomic mass is 10.0. The Morgan fingerprint density at radius 1 is 0.397 bits per heavy atom. The number of unbranched alkanes of at least 4 members (excludes halogenated alkanes) is 30. The summed E-state index contributed by atoms with van der Waals surface area (Å²) in [6, 6.07) is -0.645. The van der Waals surface area contributed by atoms with Gasteiger partial charge in [0.15, 0.2) is 0 Å². The number of allylic oxidation sites excluding steroid dienone is 13. The maximum Gasteiger partial charge on any atom is 0.220 e. The smallest absolute Gasteiger partial charge is 0.220 e. The van der Waals surface area contributed by atoms with Crippen LogP contribution in [-0.2, 0) is 4.79 Å². The Hall–Kier alpha value is -2.43. The van der Waals surface area contributed by atoms with Gasteiger partial charge in [-0.15, -0.1) is 0 Å². The van der Waals surface area contributed by atoms with Crippen LogP contribution in [0.3, 0.4) is 0 Å². The van der Waals surface area contributed by atoms with Crippen LogP contribution in [0.5, 0.6) is 0 Å². The zero-order valence-electron chi connectivity index (χ0n) is 41.8. The van der Waals surface area contributed by atoms with Crippen molar-refractivity contribution in [3.63, 3.8) is 0 Å². The molecule has 0 aromatic carbocycles. The van der Waals surface area contributed by atoms with Crippen molar-refractivity contribution >= 4 is 5.91 Å². The van der Waals surface area contributed by atoms with Gasteiger partial charge in [-0.3, -0.25) is 4.79 Å². The summed E-state index contributed by atoms with van der Waals surface area (Å²) in [7, 11) is 0. The van der Waals surface area contributed by atoms with Gasteiger partial charge in [-0.1, -0.05) is 266 Å². The first-order chi connectivity index (χ1) is 31.2. The second-order valence-electron chi connectivity index (χ2n) is 18.2. The summed E-state index contributed by atoms with van der Waals surface area (Å²) >= 11 is 0. The molecule has 3 N–H and O–H groups in total. The van der Waals surface area contributed by atoms with Crippen molar-refractivity contribution in [3.8, 4) is 0 Å². The van der Waals surface area contributed by atoms with Crippen LogP contribution in [-0.4, -0.2) is 34.9 Å². The predicted molar refractivity (Wildman–Crippen MR) is 280 cm³/mol. The summed E-state index contributed by atoms with van der Waals surface area (Å²) < 4.78 is 0. The van der Waals surface area contributed by atoms with Crippen LogP contribution in [0.25, 0.3) is 0 Å². The van der Waals surface area contributed by atoms with E-state index in [2.05, 4.69) is 92.1 Å². The molecule has 0 saturated heterocycles. The topological polar surface area (TPSA) is 69.6 Å². The molecular formula is C59H105NO3. The minimum Gasteiger partial charge on any atom is -0.394 e. The predicted octanol–water partition coefficient (Wildman–Crippen LogP) is 18.0. The van der Waals surface area contributed by atoms with Crippen LogP contribution in [0, 0.1) is 0 Å². The maximum absolute atomic E-state index is 12.4. The third kappa shape index (κ3) is 50.4. The molecule has 0 bridgehead atoms. The van der Waals surface area contributed by atoms with Gasteiger partial charge in [0.2, 0.25) is 5.91 Å². The highest BCUT2D eigenvalue weighted by atomic mass is 16.3. The fourth-order valence-corrected chi connectivity index (χ4v) is 7.95. The molecule has 0 fully saturated rings. The molecule has 0 spiro atoms. The minimum absolute atomic E-state index is 0.0777. The van der Waals surface area contributed by atoms with E-state index >= 15 is 0 Å². The lowest BCUT2D eigenvalue weighted by Crippen LogP contribution is -2.45. The zero-order chi connectivity index (χ0) is 45.6. The van der Waals surface area contributed by atoms with Crippen LogP contribution in [0.4, 0.5) is 0 Å². The molecule has 0 rings (SSSR count). The van der Waals surface area contributed by atoms with Gasteiger partial charge in [-0.05, 0) is 77.0 Å². The summed E-state index contributed by atoms with van der Waals surface area (Å²) in [5, 5.41) is 23.0. The van der Waals surface area contributed by atoms with Gasteiger partial charge in [-0.25, -0.2) is 0 Å². The number of carbonyl (C=O) groups is 1. The molecule has 0 radical (unpaired) electrons. The van der Waals surface area contributed by atoms with Crippen molar-refractivity contribution in [1.82, 2.24) is 5.32 Å². The Kier molecular flexibility index (Phi) is 51.8. The molecule has 364 valence electrons. The average molecular weight is 876 g/mol. The number of nitrogens with one attached hydrogen (secondary N) is 1. The molecule has 4 heteroatoms. The van der Waals surface area contributed by atoms with E-state index in [1.807, 2.05) is 6.08 Å². The first-order valence-corrected chi connectivity index (χ1v) is 27.3. The highest BCUT2D eigenvalue weighted by Crippen LogP contribution is 2.17. The largest absolute Gasteiger partial charge is 0.394 e. The van der Waals surface area contributed by atoms with E-state index in [-0.39, 0.29) is 12.5 Å². The van der Waals surface area contributed by atoms with E-state index in [0.29, 0.717) is 6.42 Å². The molecule has 0 saturated carbocycles. The number of aliphatic hydroxyl groups is 2. The highest BCUT2D eigenvalue weighted by molar-refractivity contribution is 5.76. The number of hydrogen-bond acceptors (Lipinski definition) is 3. The fourth-order valence-electron chi connectivity index (χ4n) is 7.95. The monoisotopic (exact) mass is 876 g/mol. The van der Waals surface area contributed by atoms with Crippen LogP contribution in [0.15, 0.2) is 85.1 Å². The van der Waals surface area contributed by atoms with E-state index < -0.39 is 12.1 Å². The van der Waals surface area contributed by atoms with Gasteiger partial charge in [0.25, 0.3) is 0 Å². The summed E-state index contributed by atoms with van der Waals surface area (Å²) in [6.45, 7) is 4.13. The lowest BCUT2D eigenvalue weighted by Gasteiger charge is -2.19. The van der Waals surface area contributed by atoms with Crippen molar-refractivity contribution in [2.24, 2.45) is 0 Å². The third-order valence-electron chi connectivity index (χ3n) is 12.1.